The molecule has 1 fully saturated rings. The number of nitrogens with two attached hydrogens (primary N) is 1. The summed E-state index contributed by atoms with van der Waals surface area (Å²) >= 11 is 0. The highest BCUT2D eigenvalue weighted by Gasteiger charge is 2.21. The fourth-order valence-electron chi connectivity index (χ4n) is 1.42. The highest BCUT2D eigenvalue weighted by Crippen LogP contribution is 2.13. The lowest BCUT2D eigenvalue weighted by molar-refractivity contribution is 0.0758. The van der Waals surface area contributed by atoms with Gasteiger partial charge >= 0.3 is 0 Å². The zero-order chi connectivity index (χ0) is 10.7. The van der Waals surface area contributed by atoms with Crippen LogP contribution in [0.5, 0.6) is 0 Å². The minimum Gasteiger partial charge on any atom is -0.384 e. The van der Waals surface area contributed by atoms with Gasteiger partial charge in [-0.3, -0.25) is 0 Å². The quantitative estimate of drug-likeness (QED) is 0.682. The van der Waals surface area contributed by atoms with E-state index < -0.39 is 6.10 Å². The molecule has 1 unspecified atom stereocenters. The second-order valence-electron chi connectivity index (χ2n) is 3.22. The van der Waals surface area contributed by atoms with Crippen LogP contribution in [-0.4, -0.2) is 35.8 Å². The Labute approximate surface area is 87.3 Å². The van der Waals surface area contributed by atoms with Gasteiger partial charge < -0.3 is 15.4 Å². The van der Waals surface area contributed by atoms with E-state index in [2.05, 4.69) is 16.0 Å². The second-order valence-corrected chi connectivity index (χ2v) is 3.22. The van der Waals surface area contributed by atoms with E-state index in [4.69, 9.17) is 15.7 Å². The number of nitrogens with zero attached hydrogens (tertiary/aromatic N) is 4. The molecule has 1 aromatic rings. The molecule has 0 saturated carbocycles. The summed E-state index contributed by atoms with van der Waals surface area (Å²) in [7, 11) is 0. The molecule has 1 atom stereocenters. The standard InChI is InChI=1S/C9H11N5O/c10-5-7-6-14(3-4-15-7)9-12-2-1-8(11)13-9/h1-2,7H,3-4,6H2,(H2,11,12,13). The third kappa shape index (κ3) is 2.14. The lowest BCUT2D eigenvalue weighted by Gasteiger charge is -2.29. The third-order valence-electron chi connectivity index (χ3n) is 2.16. The molecule has 0 bridgehead atoms. The average molecular weight is 205 g/mol. The largest absolute Gasteiger partial charge is 0.384 e. The molecule has 6 nitrogen and oxygen atoms in total. The van der Waals surface area contributed by atoms with E-state index in [1.807, 2.05) is 4.90 Å². The van der Waals surface area contributed by atoms with Gasteiger partial charge in [-0.2, -0.15) is 10.2 Å². The lowest BCUT2D eigenvalue weighted by Crippen LogP contribution is -2.42. The fourth-order valence-corrected chi connectivity index (χ4v) is 1.42. The number of hydrogen-bond donors (Lipinski definition) is 1. The van der Waals surface area contributed by atoms with Crippen molar-refractivity contribution < 1.29 is 4.74 Å². The molecule has 0 aromatic carbocycles. The van der Waals surface area contributed by atoms with Gasteiger partial charge in [0.2, 0.25) is 5.95 Å². The number of nitrogen functional groups attached to an aromatic ring is 1. The maximum Gasteiger partial charge on any atom is 0.227 e. The molecule has 0 amide bonds. The molecular formula is C9H11N5O. The van der Waals surface area contributed by atoms with Gasteiger partial charge in [0, 0.05) is 12.7 Å². The first-order valence-electron chi connectivity index (χ1n) is 4.64. The van der Waals surface area contributed by atoms with Crippen molar-refractivity contribution in [3.63, 3.8) is 0 Å². The number of rotatable bonds is 1. The second kappa shape index (κ2) is 4.11. The Hall–Kier alpha value is -1.87. The molecule has 0 spiro atoms. The van der Waals surface area contributed by atoms with Gasteiger partial charge in [-0.15, -0.1) is 0 Å². The number of anilines is 2. The summed E-state index contributed by atoms with van der Waals surface area (Å²) in [4.78, 5) is 10.1. The van der Waals surface area contributed by atoms with E-state index in [1.165, 1.54) is 0 Å². The Morgan fingerprint density at radius 3 is 3.27 bits per heavy atom. The Morgan fingerprint density at radius 1 is 1.67 bits per heavy atom. The maximum atomic E-state index is 8.74. The van der Waals surface area contributed by atoms with Gasteiger partial charge in [0.25, 0.3) is 0 Å². The third-order valence-corrected chi connectivity index (χ3v) is 2.16. The van der Waals surface area contributed by atoms with Crippen molar-refractivity contribution in [3.05, 3.63) is 12.3 Å². The summed E-state index contributed by atoms with van der Waals surface area (Å²) in [5.41, 5.74) is 5.56. The number of hydrogen-bond acceptors (Lipinski definition) is 6. The molecule has 1 aliphatic rings. The van der Waals surface area contributed by atoms with Crippen molar-refractivity contribution in [2.75, 3.05) is 30.3 Å². The van der Waals surface area contributed by atoms with E-state index in [0.29, 0.717) is 31.5 Å². The first-order chi connectivity index (χ1) is 7.29. The van der Waals surface area contributed by atoms with E-state index in [9.17, 15) is 0 Å². The normalized spacial score (nSPS) is 21.0. The van der Waals surface area contributed by atoms with Gasteiger partial charge in [0.15, 0.2) is 6.10 Å². The molecule has 1 saturated heterocycles. The Bertz CT molecular complexity index is 388. The van der Waals surface area contributed by atoms with Crippen LogP contribution in [0.2, 0.25) is 0 Å². The summed E-state index contributed by atoms with van der Waals surface area (Å²) in [6.45, 7) is 1.68. The van der Waals surface area contributed by atoms with Crippen LogP contribution in [0, 0.1) is 11.3 Å². The van der Waals surface area contributed by atoms with Crippen LogP contribution in [0.25, 0.3) is 0 Å². The minimum absolute atomic E-state index is 0.413. The van der Waals surface area contributed by atoms with Crippen LogP contribution < -0.4 is 10.6 Å². The molecule has 6 heteroatoms. The Morgan fingerprint density at radius 2 is 2.53 bits per heavy atom. The minimum atomic E-state index is -0.413. The van der Waals surface area contributed by atoms with Crippen molar-refractivity contribution in [1.82, 2.24) is 9.97 Å². The molecule has 1 aliphatic heterocycles. The van der Waals surface area contributed by atoms with Crippen molar-refractivity contribution in [2.24, 2.45) is 0 Å². The van der Waals surface area contributed by atoms with Crippen molar-refractivity contribution >= 4 is 11.8 Å². The van der Waals surface area contributed by atoms with Crippen LogP contribution in [0.15, 0.2) is 12.3 Å². The monoisotopic (exact) mass is 205 g/mol. The van der Waals surface area contributed by atoms with Gasteiger partial charge in [-0.1, -0.05) is 0 Å². The molecule has 2 heterocycles. The maximum absolute atomic E-state index is 8.74. The van der Waals surface area contributed by atoms with Gasteiger partial charge in [0.1, 0.15) is 5.82 Å². The SMILES string of the molecule is N#CC1CN(c2nccc(N)n2)CCO1. The zero-order valence-corrected chi connectivity index (χ0v) is 8.13. The number of ether oxygens (including phenoxy) is 1. The Kier molecular flexibility index (Phi) is 2.65. The summed E-state index contributed by atoms with van der Waals surface area (Å²) in [6, 6.07) is 3.70. The first-order valence-corrected chi connectivity index (χ1v) is 4.64. The summed E-state index contributed by atoms with van der Waals surface area (Å²) < 4.78 is 5.22. The molecule has 15 heavy (non-hydrogen) atoms. The smallest absolute Gasteiger partial charge is 0.227 e. The lowest BCUT2D eigenvalue weighted by atomic mass is 10.3. The predicted octanol–water partition coefficient (Wildman–Crippen LogP) is -0.212. The van der Waals surface area contributed by atoms with Crippen LogP contribution in [0.3, 0.4) is 0 Å². The van der Waals surface area contributed by atoms with E-state index >= 15 is 0 Å². The number of morpholine rings is 1. The van der Waals surface area contributed by atoms with Gasteiger partial charge in [-0.25, -0.2) is 4.98 Å². The first kappa shape index (κ1) is 9.68. The molecule has 1 aromatic heterocycles. The summed E-state index contributed by atoms with van der Waals surface area (Å²) in [5.74, 6) is 0.985. The molecule has 78 valence electrons. The molecule has 0 aliphatic carbocycles. The topological polar surface area (TPSA) is 88.1 Å². The van der Waals surface area contributed by atoms with Gasteiger partial charge in [-0.05, 0) is 6.07 Å². The number of nitriles is 1. The molecule has 0 radical (unpaired) electrons. The van der Waals surface area contributed by atoms with E-state index in [-0.39, 0.29) is 0 Å². The van der Waals surface area contributed by atoms with Gasteiger partial charge in [0.05, 0.1) is 19.2 Å². The zero-order valence-electron chi connectivity index (χ0n) is 8.13. The molecule has 2 N–H and O–H groups in total. The van der Waals surface area contributed by atoms with Crippen LogP contribution >= 0.6 is 0 Å². The fraction of sp³-hybridized carbons (Fsp3) is 0.444. The van der Waals surface area contributed by atoms with Crippen LogP contribution in [0.1, 0.15) is 0 Å². The summed E-state index contributed by atoms with van der Waals surface area (Å²) in [5, 5.41) is 8.74. The highest BCUT2D eigenvalue weighted by atomic mass is 16.5. The van der Waals surface area contributed by atoms with Crippen molar-refractivity contribution in [2.45, 2.75) is 6.10 Å². The van der Waals surface area contributed by atoms with Crippen LogP contribution in [0.4, 0.5) is 11.8 Å². The molecule has 2 rings (SSSR count). The van der Waals surface area contributed by atoms with Crippen molar-refractivity contribution in [3.8, 4) is 6.07 Å². The summed E-state index contributed by atoms with van der Waals surface area (Å²) in [6.07, 6.45) is 1.19. The Balaban J connectivity index is 2.14. The predicted molar refractivity (Wildman–Crippen MR) is 54.0 cm³/mol. The highest BCUT2D eigenvalue weighted by molar-refractivity contribution is 5.38. The van der Waals surface area contributed by atoms with Crippen molar-refractivity contribution in [1.29, 1.82) is 5.26 Å². The van der Waals surface area contributed by atoms with E-state index in [1.54, 1.807) is 12.3 Å². The average Bonchev–Trinajstić information content (AvgIpc) is 2.29. The van der Waals surface area contributed by atoms with Crippen LogP contribution in [-0.2, 0) is 4.74 Å². The van der Waals surface area contributed by atoms with E-state index in [0.717, 1.165) is 0 Å². The number of aromatic nitrogens is 2. The molecular weight excluding hydrogens is 194 g/mol.